The molecule has 0 aliphatic heterocycles. The van der Waals surface area contributed by atoms with Crippen LogP contribution in [0.1, 0.15) is 5.56 Å². The second-order valence-corrected chi connectivity index (χ2v) is 5.92. The smallest absolute Gasteiger partial charge is 0.180 e. The number of rotatable bonds is 6. The lowest BCUT2D eigenvalue weighted by atomic mass is 10.2. The Labute approximate surface area is 101 Å². The molecule has 0 heterocycles. The molecule has 90 valence electrons. The van der Waals surface area contributed by atoms with Crippen LogP contribution in [0.4, 0.5) is 0 Å². The third-order valence-corrected chi connectivity index (χ3v) is 3.90. The Morgan fingerprint density at radius 3 is 2.69 bits per heavy atom. The fourth-order valence-corrected chi connectivity index (χ4v) is 2.59. The first-order valence-electron chi connectivity index (χ1n) is 4.99. The number of aryl methyl sites for hydroxylation is 1. The summed E-state index contributed by atoms with van der Waals surface area (Å²) in [6.45, 7) is 2.43. The first kappa shape index (κ1) is 13.5. The molecule has 0 unspecified atom stereocenters. The van der Waals surface area contributed by atoms with Gasteiger partial charge in [0.25, 0.3) is 0 Å². The Bertz CT molecular complexity index is 429. The zero-order valence-corrected chi connectivity index (χ0v) is 10.7. The molecule has 0 spiro atoms. The summed E-state index contributed by atoms with van der Waals surface area (Å²) in [4.78, 5) is 0.349. The van der Waals surface area contributed by atoms with E-state index in [1.807, 2.05) is 13.0 Å². The fourth-order valence-electron chi connectivity index (χ4n) is 1.25. The van der Waals surface area contributed by atoms with Crippen LogP contribution < -0.4 is 0 Å². The van der Waals surface area contributed by atoms with Gasteiger partial charge in [-0.3, -0.25) is 0 Å². The summed E-state index contributed by atoms with van der Waals surface area (Å²) in [5.41, 5.74) is 0.933. The summed E-state index contributed by atoms with van der Waals surface area (Å²) >= 11 is 5.41. The van der Waals surface area contributed by atoms with E-state index in [0.29, 0.717) is 17.4 Å². The van der Waals surface area contributed by atoms with E-state index in [1.54, 1.807) is 18.2 Å². The van der Waals surface area contributed by atoms with Crippen LogP contribution in [0.3, 0.4) is 0 Å². The quantitative estimate of drug-likeness (QED) is 0.582. The van der Waals surface area contributed by atoms with E-state index in [4.69, 9.17) is 16.3 Å². The molecule has 0 atom stereocenters. The first-order chi connectivity index (χ1) is 7.56. The lowest BCUT2D eigenvalue weighted by Gasteiger charge is -2.05. The monoisotopic (exact) mass is 262 g/mol. The highest BCUT2D eigenvalue weighted by Crippen LogP contribution is 2.12. The van der Waals surface area contributed by atoms with Crippen molar-refractivity contribution in [2.45, 2.75) is 11.8 Å². The molecule has 0 aromatic heterocycles. The van der Waals surface area contributed by atoms with Crippen LogP contribution in [-0.2, 0) is 14.6 Å². The average Bonchev–Trinajstić information content (AvgIpc) is 2.24. The van der Waals surface area contributed by atoms with Crippen molar-refractivity contribution in [1.82, 2.24) is 0 Å². The van der Waals surface area contributed by atoms with Gasteiger partial charge in [-0.2, -0.15) is 0 Å². The van der Waals surface area contributed by atoms with Gasteiger partial charge in [0.2, 0.25) is 0 Å². The molecule has 3 nitrogen and oxygen atoms in total. The van der Waals surface area contributed by atoms with Crippen LogP contribution in [0, 0.1) is 6.92 Å². The molecule has 16 heavy (non-hydrogen) atoms. The van der Waals surface area contributed by atoms with E-state index in [0.717, 1.165) is 5.56 Å². The molecule has 0 saturated carbocycles. The summed E-state index contributed by atoms with van der Waals surface area (Å²) in [5.74, 6) is 0.373. The Balaban J connectivity index is 2.64. The van der Waals surface area contributed by atoms with Crippen LogP contribution in [0.15, 0.2) is 29.2 Å². The topological polar surface area (TPSA) is 43.4 Å². The molecule has 5 heteroatoms. The third-order valence-electron chi connectivity index (χ3n) is 2.07. The van der Waals surface area contributed by atoms with Gasteiger partial charge < -0.3 is 4.74 Å². The van der Waals surface area contributed by atoms with Crippen molar-refractivity contribution in [3.8, 4) is 0 Å². The van der Waals surface area contributed by atoms with E-state index in [1.165, 1.54) is 0 Å². The average molecular weight is 263 g/mol. The van der Waals surface area contributed by atoms with Gasteiger partial charge in [0.15, 0.2) is 9.84 Å². The molecular weight excluding hydrogens is 248 g/mol. The predicted molar refractivity (Wildman–Crippen MR) is 64.8 cm³/mol. The van der Waals surface area contributed by atoms with Crippen LogP contribution >= 0.6 is 11.6 Å². The zero-order chi connectivity index (χ0) is 12.0. The molecule has 0 radical (unpaired) electrons. The Morgan fingerprint density at radius 1 is 1.31 bits per heavy atom. The molecule has 1 aromatic rings. The summed E-state index contributed by atoms with van der Waals surface area (Å²) in [5, 5.41) is 0. The third kappa shape index (κ3) is 4.12. The van der Waals surface area contributed by atoms with E-state index in [2.05, 4.69) is 0 Å². The van der Waals surface area contributed by atoms with Gasteiger partial charge in [-0.1, -0.05) is 12.1 Å². The van der Waals surface area contributed by atoms with Crippen molar-refractivity contribution in [2.75, 3.05) is 24.8 Å². The van der Waals surface area contributed by atoms with Crippen molar-refractivity contribution >= 4 is 21.4 Å². The highest BCUT2D eigenvalue weighted by molar-refractivity contribution is 7.91. The number of benzene rings is 1. The van der Waals surface area contributed by atoms with Gasteiger partial charge in [0.1, 0.15) is 0 Å². The largest absolute Gasteiger partial charge is 0.379 e. The number of ether oxygens (including phenoxy) is 1. The Hall–Kier alpha value is -0.580. The summed E-state index contributed by atoms with van der Waals surface area (Å²) in [6.07, 6.45) is 0. The van der Waals surface area contributed by atoms with Crippen LogP contribution in [0.25, 0.3) is 0 Å². The molecule has 0 aliphatic carbocycles. The van der Waals surface area contributed by atoms with Crippen molar-refractivity contribution in [2.24, 2.45) is 0 Å². The maximum absolute atomic E-state index is 11.8. The number of sulfone groups is 1. The molecule has 0 fully saturated rings. The van der Waals surface area contributed by atoms with Crippen LogP contribution in [-0.4, -0.2) is 33.3 Å². The highest BCUT2D eigenvalue weighted by atomic mass is 35.5. The minimum absolute atomic E-state index is 0.00660. The van der Waals surface area contributed by atoms with Crippen LogP contribution in [0.2, 0.25) is 0 Å². The van der Waals surface area contributed by atoms with Gasteiger partial charge in [0, 0.05) is 5.88 Å². The maximum atomic E-state index is 11.8. The molecule has 0 amide bonds. The number of hydrogen-bond acceptors (Lipinski definition) is 3. The van der Waals surface area contributed by atoms with E-state index < -0.39 is 9.84 Å². The highest BCUT2D eigenvalue weighted by Gasteiger charge is 2.13. The van der Waals surface area contributed by atoms with Gasteiger partial charge in [-0.05, 0) is 24.6 Å². The molecule has 0 aliphatic rings. The molecule has 1 rings (SSSR count). The van der Waals surface area contributed by atoms with Crippen molar-refractivity contribution < 1.29 is 13.2 Å². The van der Waals surface area contributed by atoms with E-state index >= 15 is 0 Å². The normalized spacial score (nSPS) is 11.6. The zero-order valence-electron chi connectivity index (χ0n) is 9.15. The first-order valence-corrected chi connectivity index (χ1v) is 7.18. The molecule has 0 saturated heterocycles. The SMILES string of the molecule is Cc1cccc(S(=O)(=O)CCOCCCl)c1. The van der Waals surface area contributed by atoms with Crippen molar-refractivity contribution in [1.29, 1.82) is 0 Å². The van der Waals surface area contributed by atoms with Gasteiger partial charge in [-0.15, -0.1) is 11.6 Å². The minimum Gasteiger partial charge on any atom is -0.379 e. The Morgan fingerprint density at radius 2 is 2.06 bits per heavy atom. The fraction of sp³-hybridized carbons (Fsp3) is 0.455. The summed E-state index contributed by atoms with van der Waals surface area (Å²) in [6, 6.07) is 6.87. The minimum atomic E-state index is -3.23. The lowest BCUT2D eigenvalue weighted by molar-refractivity contribution is 0.165. The molecular formula is C11H15ClO3S. The summed E-state index contributed by atoms with van der Waals surface area (Å²) < 4.78 is 28.7. The lowest BCUT2D eigenvalue weighted by Crippen LogP contribution is -2.13. The number of alkyl halides is 1. The number of hydrogen-bond donors (Lipinski definition) is 0. The van der Waals surface area contributed by atoms with E-state index in [-0.39, 0.29) is 12.4 Å². The molecule has 1 aromatic carbocycles. The Kier molecular flexibility index (Phi) is 5.25. The van der Waals surface area contributed by atoms with Crippen LogP contribution in [0.5, 0.6) is 0 Å². The number of halogens is 1. The molecule has 0 N–H and O–H groups in total. The van der Waals surface area contributed by atoms with Gasteiger partial charge in [-0.25, -0.2) is 8.42 Å². The summed E-state index contributed by atoms with van der Waals surface area (Å²) in [7, 11) is -3.23. The maximum Gasteiger partial charge on any atom is 0.180 e. The standard InChI is InChI=1S/C11H15ClO3S/c1-10-3-2-4-11(9-10)16(13,14)8-7-15-6-5-12/h2-4,9H,5-8H2,1H3. The van der Waals surface area contributed by atoms with Gasteiger partial charge >= 0.3 is 0 Å². The second kappa shape index (κ2) is 6.23. The van der Waals surface area contributed by atoms with Crippen molar-refractivity contribution in [3.63, 3.8) is 0 Å². The van der Waals surface area contributed by atoms with Gasteiger partial charge in [0.05, 0.1) is 23.9 Å². The van der Waals surface area contributed by atoms with E-state index in [9.17, 15) is 8.42 Å². The second-order valence-electron chi connectivity index (χ2n) is 3.44. The predicted octanol–water partition coefficient (Wildman–Crippen LogP) is 2.02. The van der Waals surface area contributed by atoms with Crippen molar-refractivity contribution in [3.05, 3.63) is 29.8 Å². The molecule has 0 bridgehead atoms.